The summed E-state index contributed by atoms with van der Waals surface area (Å²) in [6.07, 6.45) is 0.828. The summed E-state index contributed by atoms with van der Waals surface area (Å²) in [7, 11) is 1.58. The van der Waals surface area contributed by atoms with Crippen molar-refractivity contribution in [1.82, 2.24) is 10.3 Å². The fraction of sp³-hybridized carbons (Fsp3) is 0.300. The number of ketones is 1. The third-order valence-corrected chi connectivity index (χ3v) is 5.82. The van der Waals surface area contributed by atoms with Crippen molar-refractivity contribution in [3.63, 3.8) is 0 Å². The van der Waals surface area contributed by atoms with Crippen molar-refractivity contribution in [2.75, 3.05) is 13.7 Å². The lowest BCUT2D eigenvalue weighted by molar-refractivity contribution is 0.0470. The number of alkyl carbamates (subject to hydrolysis) is 1. The minimum Gasteiger partial charge on any atom is -0.497 e. The van der Waals surface area contributed by atoms with Crippen molar-refractivity contribution in [2.24, 2.45) is 0 Å². The molecule has 0 spiro atoms. The Balaban J connectivity index is 1.63. The summed E-state index contributed by atoms with van der Waals surface area (Å²) in [6, 6.07) is 18.2. The Bertz CT molecular complexity index is 1300. The Hall–Kier alpha value is -4.31. The van der Waals surface area contributed by atoms with Gasteiger partial charge in [-0.25, -0.2) is 9.59 Å². The molecular formula is C30H32N2O7S. The molecule has 0 saturated carbocycles. The van der Waals surface area contributed by atoms with Gasteiger partial charge < -0.3 is 24.3 Å². The maximum Gasteiger partial charge on any atom is 0.408 e. The number of pyridine rings is 1. The lowest BCUT2D eigenvalue weighted by Crippen LogP contribution is -2.45. The number of carbonyl (C=O) groups is 3. The molecule has 1 amide bonds. The molecule has 10 heteroatoms. The fourth-order valence-corrected chi connectivity index (χ4v) is 3.62. The van der Waals surface area contributed by atoms with Gasteiger partial charge in [-0.3, -0.25) is 9.78 Å². The molecule has 3 rings (SSSR count). The summed E-state index contributed by atoms with van der Waals surface area (Å²) >= 11 is 5.41. The Kier molecular flexibility index (Phi) is 10.7. The molecule has 1 N–H and O–H groups in total. The van der Waals surface area contributed by atoms with Crippen LogP contribution in [0.25, 0.3) is 0 Å². The summed E-state index contributed by atoms with van der Waals surface area (Å²) < 4.78 is 21.4. The van der Waals surface area contributed by atoms with E-state index in [1.165, 1.54) is 6.20 Å². The number of hydrogen-bond donors (Lipinski definition) is 1. The molecule has 1 heterocycles. The Morgan fingerprint density at radius 2 is 1.62 bits per heavy atom. The topological polar surface area (TPSA) is 113 Å². The van der Waals surface area contributed by atoms with Crippen molar-refractivity contribution in [1.29, 1.82) is 0 Å². The second kappa shape index (κ2) is 14.2. The zero-order chi connectivity index (χ0) is 29.1. The highest BCUT2D eigenvalue weighted by Gasteiger charge is 2.25. The van der Waals surface area contributed by atoms with Gasteiger partial charge in [0.25, 0.3) is 0 Å². The molecule has 0 fully saturated rings. The number of hydrogen-bond acceptors (Lipinski definition) is 9. The molecule has 1 atom stereocenters. The highest BCUT2D eigenvalue weighted by molar-refractivity contribution is 7.80. The number of aromatic nitrogens is 1. The van der Waals surface area contributed by atoms with Crippen molar-refractivity contribution in [2.45, 2.75) is 45.4 Å². The maximum absolute atomic E-state index is 12.5. The van der Waals surface area contributed by atoms with Crippen LogP contribution < -0.4 is 10.1 Å². The predicted molar refractivity (Wildman–Crippen MR) is 153 cm³/mol. The number of nitrogens with one attached hydrogen (secondary N) is 1. The van der Waals surface area contributed by atoms with Crippen molar-refractivity contribution < 1.29 is 33.3 Å². The molecule has 0 aliphatic rings. The summed E-state index contributed by atoms with van der Waals surface area (Å²) in [6.45, 7) is 5.02. The van der Waals surface area contributed by atoms with Gasteiger partial charge in [0.1, 0.15) is 24.0 Å². The monoisotopic (exact) mass is 564 g/mol. The standard InChI is InChI=1S/C30H32N2O7S/c1-30(2,3)39-29(35)32-25(28(40)38-19-26(33)21-8-6-5-7-9-21)16-23-13-12-22(17-31-23)27(34)37-18-20-10-14-24(36-4)15-11-20/h5-15,17,25H,16,18-19H2,1-4H3,(H,32,35)/t25-/m1/s1. The van der Waals surface area contributed by atoms with E-state index >= 15 is 0 Å². The predicted octanol–water partition coefficient (Wildman–Crippen LogP) is 5.11. The van der Waals surface area contributed by atoms with Crippen LogP contribution in [0.1, 0.15) is 52.7 Å². The highest BCUT2D eigenvalue weighted by Crippen LogP contribution is 2.14. The number of benzene rings is 2. The molecule has 2 aromatic carbocycles. The fourth-order valence-electron chi connectivity index (χ4n) is 3.42. The van der Waals surface area contributed by atoms with Gasteiger partial charge in [-0.1, -0.05) is 42.5 Å². The molecule has 0 unspecified atom stereocenters. The van der Waals surface area contributed by atoms with Gasteiger partial charge in [-0.15, -0.1) is 0 Å². The first-order valence-corrected chi connectivity index (χ1v) is 12.9. The lowest BCUT2D eigenvalue weighted by Gasteiger charge is -2.24. The largest absolute Gasteiger partial charge is 0.497 e. The molecular weight excluding hydrogens is 532 g/mol. The second-order valence-electron chi connectivity index (χ2n) is 9.76. The van der Waals surface area contributed by atoms with E-state index < -0.39 is 23.7 Å². The molecule has 40 heavy (non-hydrogen) atoms. The quantitative estimate of drug-likeness (QED) is 0.193. The highest BCUT2D eigenvalue weighted by atomic mass is 32.1. The van der Waals surface area contributed by atoms with Crippen LogP contribution in [0.4, 0.5) is 4.79 Å². The molecule has 1 aromatic heterocycles. The average Bonchev–Trinajstić information content (AvgIpc) is 2.94. The van der Waals surface area contributed by atoms with Crippen LogP contribution in [0, 0.1) is 0 Å². The van der Waals surface area contributed by atoms with Gasteiger partial charge in [-0.2, -0.15) is 0 Å². The average molecular weight is 565 g/mol. The molecule has 0 aliphatic heterocycles. The van der Waals surface area contributed by atoms with E-state index in [0.717, 1.165) is 5.56 Å². The van der Waals surface area contributed by atoms with Crippen LogP contribution in [-0.2, 0) is 27.2 Å². The molecule has 9 nitrogen and oxygen atoms in total. The third kappa shape index (κ3) is 9.77. The number of carbonyl (C=O) groups excluding carboxylic acids is 3. The van der Waals surface area contributed by atoms with E-state index in [-0.39, 0.29) is 36.0 Å². The van der Waals surface area contributed by atoms with Crippen LogP contribution in [0.2, 0.25) is 0 Å². The number of rotatable bonds is 11. The lowest BCUT2D eigenvalue weighted by atomic mass is 10.1. The molecule has 210 valence electrons. The molecule has 3 aromatic rings. The van der Waals surface area contributed by atoms with E-state index in [9.17, 15) is 14.4 Å². The van der Waals surface area contributed by atoms with Gasteiger partial charge >= 0.3 is 12.1 Å². The smallest absolute Gasteiger partial charge is 0.408 e. The summed E-state index contributed by atoms with van der Waals surface area (Å²) in [5, 5.41) is 2.69. The van der Waals surface area contributed by atoms with Crippen LogP contribution >= 0.6 is 12.2 Å². The van der Waals surface area contributed by atoms with E-state index in [2.05, 4.69) is 10.3 Å². The molecule has 0 aliphatic carbocycles. The SMILES string of the molecule is COc1ccc(COC(=O)c2ccc(C[C@@H](NC(=O)OC(C)(C)C)C(=S)OCC(=O)c3ccccc3)nc2)cc1. The minimum atomic E-state index is -0.825. The zero-order valence-corrected chi connectivity index (χ0v) is 23.7. The number of ether oxygens (including phenoxy) is 4. The number of thiocarbonyl (C=S) groups is 1. The van der Waals surface area contributed by atoms with Crippen molar-refractivity contribution in [3.8, 4) is 5.75 Å². The number of amides is 1. The first-order chi connectivity index (χ1) is 19.0. The number of Topliss-reactive ketones (excluding diaryl/α,β-unsaturated/α-hetero) is 1. The first kappa shape index (κ1) is 30.2. The Morgan fingerprint density at radius 1 is 0.925 bits per heavy atom. The number of methoxy groups -OCH3 is 1. The van der Waals surface area contributed by atoms with Crippen molar-refractivity contribution in [3.05, 3.63) is 95.3 Å². The summed E-state index contributed by atoms with van der Waals surface area (Å²) in [5.41, 5.74) is 1.35. The van der Waals surface area contributed by atoms with Crippen LogP contribution in [-0.4, -0.2) is 53.2 Å². The molecule has 0 bridgehead atoms. The first-order valence-electron chi connectivity index (χ1n) is 12.5. The molecule has 0 saturated heterocycles. The third-order valence-electron chi connectivity index (χ3n) is 5.42. The van der Waals surface area contributed by atoms with E-state index in [4.69, 9.17) is 31.2 Å². The Morgan fingerprint density at radius 3 is 2.23 bits per heavy atom. The van der Waals surface area contributed by atoms with E-state index in [1.807, 2.05) is 18.2 Å². The molecule has 0 radical (unpaired) electrons. The minimum absolute atomic E-state index is 0.0000758. The van der Waals surface area contributed by atoms with Gasteiger partial charge in [0, 0.05) is 23.9 Å². The number of esters is 1. The summed E-state index contributed by atoms with van der Waals surface area (Å²) in [4.78, 5) is 41.8. The van der Waals surface area contributed by atoms with Crippen LogP contribution in [0.15, 0.2) is 72.9 Å². The normalized spacial score (nSPS) is 11.6. The summed E-state index contributed by atoms with van der Waals surface area (Å²) in [5.74, 6) is -0.0758. The van der Waals surface area contributed by atoms with Crippen molar-refractivity contribution >= 4 is 35.1 Å². The maximum atomic E-state index is 12.5. The second-order valence-corrected chi connectivity index (χ2v) is 10.2. The van der Waals surface area contributed by atoms with E-state index in [1.54, 1.807) is 76.4 Å². The van der Waals surface area contributed by atoms with Crippen LogP contribution in [0.5, 0.6) is 5.75 Å². The Labute approximate surface area is 238 Å². The van der Waals surface area contributed by atoms with Gasteiger partial charge in [0.15, 0.2) is 17.4 Å². The van der Waals surface area contributed by atoms with Gasteiger partial charge in [0.2, 0.25) is 0 Å². The van der Waals surface area contributed by atoms with E-state index in [0.29, 0.717) is 17.0 Å². The van der Waals surface area contributed by atoms with Gasteiger partial charge in [-0.05, 0) is 62.8 Å². The zero-order valence-electron chi connectivity index (χ0n) is 22.8. The van der Waals surface area contributed by atoms with Crippen LogP contribution in [0.3, 0.4) is 0 Å². The van der Waals surface area contributed by atoms with Gasteiger partial charge in [0.05, 0.1) is 12.7 Å². The number of nitrogens with zero attached hydrogens (tertiary/aromatic N) is 1.